The van der Waals surface area contributed by atoms with Gasteiger partial charge in [0.25, 0.3) is 5.69 Å². The molecule has 4 heteroatoms. The second-order valence-electron chi connectivity index (χ2n) is 6.00. The van der Waals surface area contributed by atoms with Gasteiger partial charge in [-0.3, -0.25) is 10.1 Å². The first-order valence-corrected chi connectivity index (χ1v) is 8.49. The van der Waals surface area contributed by atoms with Gasteiger partial charge >= 0.3 is 0 Å². The van der Waals surface area contributed by atoms with Gasteiger partial charge in [0.15, 0.2) is 0 Å². The third kappa shape index (κ3) is 3.72. The molecule has 0 amide bonds. The maximum atomic E-state index is 11.1. The number of non-ortho nitro benzene ring substituents is 1. The van der Waals surface area contributed by atoms with E-state index >= 15 is 0 Å². The highest BCUT2D eigenvalue weighted by Crippen LogP contribution is 2.32. The van der Waals surface area contributed by atoms with Crippen LogP contribution in [0.3, 0.4) is 0 Å². The van der Waals surface area contributed by atoms with Crippen LogP contribution in [-0.2, 0) is 0 Å². The molecule has 0 radical (unpaired) electrons. The number of aromatic nitrogens is 1. The molecule has 1 atom stereocenters. The summed E-state index contributed by atoms with van der Waals surface area (Å²) in [6.45, 7) is 2.15. The summed E-state index contributed by atoms with van der Waals surface area (Å²) in [6.07, 6.45) is 4.97. The van der Waals surface area contributed by atoms with Crippen molar-refractivity contribution in [1.29, 1.82) is 0 Å². The minimum absolute atomic E-state index is 0.0964. The van der Waals surface area contributed by atoms with E-state index in [0.29, 0.717) is 0 Å². The van der Waals surface area contributed by atoms with Crippen molar-refractivity contribution in [3.63, 3.8) is 0 Å². The zero-order valence-electron chi connectivity index (χ0n) is 14.2. The van der Waals surface area contributed by atoms with Crippen LogP contribution in [0.15, 0.2) is 54.7 Å². The second kappa shape index (κ2) is 7.67. The molecule has 0 bridgehead atoms. The Labute approximate surface area is 147 Å². The van der Waals surface area contributed by atoms with Gasteiger partial charge in [0, 0.05) is 35.7 Å². The lowest BCUT2D eigenvalue weighted by atomic mass is 9.91. The monoisotopic (exact) mass is 332 g/mol. The van der Waals surface area contributed by atoms with Crippen molar-refractivity contribution >= 4 is 16.6 Å². The SMILES string of the molecule is CCCCC#CC(c1ccccc1)c1c[nH]c2ccc([N+](=O)[O-])cc12. The van der Waals surface area contributed by atoms with Crippen LogP contribution in [-0.4, -0.2) is 9.91 Å². The van der Waals surface area contributed by atoms with Crippen LogP contribution in [0.25, 0.3) is 10.9 Å². The Morgan fingerprint density at radius 2 is 2.00 bits per heavy atom. The van der Waals surface area contributed by atoms with E-state index in [4.69, 9.17) is 0 Å². The van der Waals surface area contributed by atoms with Gasteiger partial charge in [-0.25, -0.2) is 0 Å². The van der Waals surface area contributed by atoms with Gasteiger partial charge in [-0.05, 0) is 23.6 Å². The summed E-state index contributed by atoms with van der Waals surface area (Å²) < 4.78 is 0. The van der Waals surface area contributed by atoms with E-state index in [9.17, 15) is 10.1 Å². The lowest BCUT2D eigenvalue weighted by molar-refractivity contribution is -0.384. The molecule has 0 aliphatic heterocycles. The molecule has 1 unspecified atom stereocenters. The molecule has 3 rings (SSSR count). The molecule has 126 valence electrons. The number of aromatic amines is 1. The van der Waals surface area contributed by atoms with Gasteiger partial charge in [0.1, 0.15) is 0 Å². The fourth-order valence-corrected chi connectivity index (χ4v) is 2.91. The number of nitrogens with one attached hydrogen (secondary N) is 1. The Bertz CT molecular complexity index is 933. The number of H-pyrrole nitrogens is 1. The molecule has 1 heterocycles. The average molecular weight is 332 g/mol. The highest BCUT2D eigenvalue weighted by molar-refractivity contribution is 5.86. The molecule has 0 spiro atoms. The van der Waals surface area contributed by atoms with Crippen LogP contribution in [0.4, 0.5) is 5.69 Å². The molecule has 3 aromatic rings. The van der Waals surface area contributed by atoms with E-state index in [2.05, 4.69) is 35.9 Å². The summed E-state index contributed by atoms with van der Waals surface area (Å²) in [5.74, 6) is 6.55. The summed E-state index contributed by atoms with van der Waals surface area (Å²) in [5, 5.41) is 12.0. The molecule has 0 saturated carbocycles. The zero-order valence-corrected chi connectivity index (χ0v) is 14.2. The number of fused-ring (bicyclic) bond motifs is 1. The van der Waals surface area contributed by atoms with E-state index in [0.717, 1.165) is 41.3 Å². The number of nitro benzene ring substituents is 1. The minimum atomic E-state index is -0.360. The van der Waals surface area contributed by atoms with Crippen LogP contribution in [0.1, 0.15) is 43.2 Å². The van der Waals surface area contributed by atoms with Gasteiger partial charge < -0.3 is 4.98 Å². The number of hydrogen-bond donors (Lipinski definition) is 1. The molecule has 1 N–H and O–H groups in total. The number of benzene rings is 2. The third-order valence-electron chi connectivity index (χ3n) is 4.25. The Kier molecular flexibility index (Phi) is 5.15. The van der Waals surface area contributed by atoms with Crippen LogP contribution < -0.4 is 0 Å². The molecule has 1 aromatic heterocycles. The Hall–Kier alpha value is -3.06. The quantitative estimate of drug-likeness (QED) is 0.294. The third-order valence-corrected chi connectivity index (χ3v) is 4.25. The maximum Gasteiger partial charge on any atom is 0.270 e. The van der Waals surface area contributed by atoms with Gasteiger partial charge in [0.05, 0.1) is 10.8 Å². The lowest BCUT2D eigenvalue weighted by Crippen LogP contribution is -1.98. The van der Waals surface area contributed by atoms with Crippen LogP contribution in [0.2, 0.25) is 0 Å². The first-order chi connectivity index (χ1) is 12.2. The molecule has 0 fully saturated rings. The number of rotatable bonds is 5. The number of nitrogens with zero attached hydrogens (tertiary/aromatic N) is 1. The lowest BCUT2D eigenvalue weighted by Gasteiger charge is -2.10. The standard InChI is InChI=1S/C21H20N2O2/c1-2-3-4-8-11-18(16-9-6-5-7-10-16)20-15-22-21-13-12-17(23(24)25)14-19(20)21/h5-7,9-10,12-15,18,22H,2-4H2,1H3. The molecular weight excluding hydrogens is 312 g/mol. The van der Waals surface area contributed by atoms with Gasteiger partial charge in [0.2, 0.25) is 0 Å². The topological polar surface area (TPSA) is 58.9 Å². The first-order valence-electron chi connectivity index (χ1n) is 8.49. The second-order valence-corrected chi connectivity index (χ2v) is 6.00. The van der Waals surface area contributed by atoms with E-state index in [-0.39, 0.29) is 16.5 Å². The normalized spacial score (nSPS) is 11.7. The molecule has 4 nitrogen and oxygen atoms in total. The molecular formula is C21H20N2O2. The molecule has 0 aliphatic rings. The number of unbranched alkanes of at least 4 members (excludes halogenated alkanes) is 2. The fourth-order valence-electron chi connectivity index (χ4n) is 2.91. The van der Waals surface area contributed by atoms with Crippen LogP contribution in [0, 0.1) is 22.0 Å². The first kappa shape index (κ1) is 16.8. The van der Waals surface area contributed by atoms with Crippen LogP contribution in [0.5, 0.6) is 0 Å². The molecule has 0 aliphatic carbocycles. The van der Waals surface area contributed by atoms with Gasteiger partial charge in [-0.15, -0.1) is 5.92 Å². The maximum absolute atomic E-state index is 11.1. The van der Waals surface area contributed by atoms with Crippen molar-refractivity contribution in [3.8, 4) is 11.8 Å². The summed E-state index contributed by atoms with van der Waals surface area (Å²) >= 11 is 0. The summed E-state index contributed by atoms with van der Waals surface area (Å²) in [6, 6.07) is 15.0. The van der Waals surface area contributed by atoms with Gasteiger partial charge in [-0.2, -0.15) is 0 Å². The number of nitro groups is 1. The zero-order chi connectivity index (χ0) is 17.6. The van der Waals surface area contributed by atoms with Crippen molar-refractivity contribution in [1.82, 2.24) is 4.98 Å². The van der Waals surface area contributed by atoms with Crippen molar-refractivity contribution in [3.05, 3.63) is 76.0 Å². The Balaban J connectivity index is 2.09. The van der Waals surface area contributed by atoms with E-state index in [1.54, 1.807) is 12.1 Å². The van der Waals surface area contributed by atoms with Gasteiger partial charge in [-0.1, -0.05) is 49.6 Å². The predicted molar refractivity (Wildman–Crippen MR) is 101 cm³/mol. The van der Waals surface area contributed by atoms with E-state index in [1.807, 2.05) is 24.4 Å². The summed E-state index contributed by atoms with van der Waals surface area (Å²) in [7, 11) is 0. The highest BCUT2D eigenvalue weighted by atomic mass is 16.6. The smallest absolute Gasteiger partial charge is 0.270 e. The minimum Gasteiger partial charge on any atom is -0.361 e. The van der Waals surface area contributed by atoms with Crippen molar-refractivity contribution in [2.75, 3.05) is 0 Å². The summed E-state index contributed by atoms with van der Waals surface area (Å²) in [4.78, 5) is 14.0. The molecule has 25 heavy (non-hydrogen) atoms. The Morgan fingerprint density at radius 3 is 2.72 bits per heavy atom. The van der Waals surface area contributed by atoms with E-state index in [1.165, 1.54) is 6.07 Å². The fraction of sp³-hybridized carbons (Fsp3) is 0.238. The van der Waals surface area contributed by atoms with E-state index < -0.39 is 0 Å². The summed E-state index contributed by atoms with van der Waals surface area (Å²) in [5.41, 5.74) is 3.06. The van der Waals surface area contributed by atoms with Crippen LogP contribution >= 0.6 is 0 Å². The molecule has 0 saturated heterocycles. The van der Waals surface area contributed by atoms with Crippen molar-refractivity contribution in [2.45, 2.75) is 32.1 Å². The number of hydrogen-bond acceptors (Lipinski definition) is 2. The van der Waals surface area contributed by atoms with Crippen molar-refractivity contribution < 1.29 is 4.92 Å². The molecule has 2 aromatic carbocycles. The largest absolute Gasteiger partial charge is 0.361 e. The predicted octanol–water partition coefficient (Wildman–Crippen LogP) is 5.40. The Morgan fingerprint density at radius 1 is 1.20 bits per heavy atom. The van der Waals surface area contributed by atoms with Crippen molar-refractivity contribution in [2.24, 2.45) is 0 Å². The average Bonchev–Trinajstić information content (AvgIpc) is 3.05. The highest BCUT2D eigenvalue weighted by Gasteiger charge is 2.18.